The predicted octanol–water partition coefficient (Wildman–Crippen LogP) is 2.82. The summed E-state index contributed by atoms with van der Waals surface area (Å²) in [4.78, 5) is 4.05. The highest BCUT2D eigenvalue weighted by Crippen LogP contribution is 2.36. The molecule has 1 aromatic heterocycles. The largest absolute Gasteiger partial charge is 0.342 e. The van der Waals surface area contributed by atoms with E-state index in [-0.39, 0.29) is 6.10 Å². The third-order valence-corrected chi connectivity index (χ3v) is 3.43. The zero-order chi connectivity index (χ0) is 13.3. The van der Waals surface area contributed by atoms with E-state index < -0.39 is 5.79 Å². The van der Waals surface area contributed by atoms with Crippen LogP contribution in [0.5, 0.6) is 0 Å². The molecule has 1 aromatic carbocycles. The molecule has 2 atom stereocenters. The maximum atomic E-state index is 6.03. The number of aromatic nitrogens is 2. The minimum atomic E-state index is -0.759. The molecule has 0 saturated carbocycles. The fourth-order valence-corrected chi connectivity index (χ4v) is 2.42. The first-order chi connectivity index (χ1) is 9.18. The van der Waals surface area contributed by atoms with Gasteiger partial charge in [0.1, 0.15) is 0 Å². The average Bonchev–Trinajstić information content (AvgIpc) is 3.01. The highest BCUT2D eigenvalue weighted by atomic mass is 35.5. The highest BCUT2D eigenvalue weighted by Gasteiger charge is 2.42. The topological polar surface area (TPSA) is 36.3 Å². The first kappa shape index (κ1) is 12.7. The van der Waals surface area contributed by atoms with Crippen molar-refractivity contribution in [2.75, 3.05) is 6.61 Å². The van der Waals surface area contributed by atoms with E-state index >= 15 is 0 Å². The van der Waals surface area contributed by atoms with E-state index in [1.54, 1.807) is 12.5 Å². The number of benzene rings is 1. The zero-order valence-corrected chi connectivity index (χ0v) is 11.4. The fourth-order valence-electron chi connectivity index (χ4n) is 2.30. The summed E-state index contributed by atoms with van der Waals surface area (Å²) in [7, 11) is 0. The number of hydrogen-bond donors (Lipinski definition) is 0. The Morgan fingerprint density at radius 3 is 2.79 bits per heavy atom. The van der Waals surface area contributed by atoms with Crippen molar-refractivity contribution in [1.82, 2.24) is 9.55 Å². The SMILES string of the molecule is CC1COC(Cn2ccnc2)(c2ccc(Cl)cc2)O1. The molecule has 1 saturated heterocycles. The number of imidazole rings is 1. The van der Waals surface area contributed by atoms with E-state index in [0.29, 0.717) is 18.2 Å². The van der Waals surface area contributed by atoms with Gasteiger partial charge in [0.25, 0.3) is 0 Å². The van der Waals surface area contributed by atoms with Gasteiger partial charge in [0, 0.05) is 23.0 Å². The third-order valence-electron chi connectivity index (χ3n) is 3.18. The molecule has 1 aliphatic rings. The summed E-state index contributed by atoms with van der Waals surface area (Å²) in [5.74, 6) is -0.759. The lowest BCUT2D eigenvalue weighted by Gasteiger charge is -2.28. The van der Waals surface area contributed by atoms with Gasteiger partial charge in [-0.2, -0.15) is 0 Å². The van der Waals surface area contributed by atoms with Crippen molar-refractivity contribution in [3.05, 3.63) is 53.6 Å². The van der Waals surface area contributed by atoms with Crippen molar-refractivity contribution >= 4 is 11.6 Å². The van der Waals surface area contributed by atoms with E-state index in [2.05, 4.69) is 4.98 Å². The molecule has 1 fully saturated rings. The first-order valence-corrected chi connectivity index (χ1v) is 6.59. The Labute approximate surface area is 116 Å². The number of nitrogens with zero attached hydrogens (tertiary/aromatic N) is 2. The van der Waals surface area contributed by atoms with Crippen molar-refractivity contribution in [1.29, 1.82) is 0 Å². The van der Waals surface area contributed by atoms with E-state index in [1.165, 1.54) is 0 Å². The minimum Gasteiger partial charge on any atom is -0.342 e. The van der Waals surface area contributed by atoms with E-state index in [4.69, 9.17) is 21.1 Å². The summed E-state index contributed by atoms with van der Waals surface area (Å²) in [5.41, 5.74) is 0.968. The Bertz CT molecular complexity index is 541. The quantitative estimate of drug-likeness (QED) is 0.866. The summed E-state index contributed by atoms with van der Waals surface area (Å²) in [6, 6.07) is 7.58. The van der Waals surface area contributed by atoms with Crippen molar-refractivity contribution in [3.8, 4) is 0 Å². The lowest BCUT2D eigenvalue weighted by Crippen LogP contribution is -2.33. The smallest absolute Gasteiger partial charge is 0.213 e. The molecule has 0 amide bonds. The summed E-state index contributed by atoms with van der Waals surface area (Å²) < 4.78 is 13.9. The van der Waals surface area contributed by atoms with Crippen LogP contribution in [0, 0.1) is 0 Å². The molecular weight excluding hydrogens is 264 g/mol. The van der Waals surface area contributed by atoms with Crippen LogP contribution in [-0.4, -0.2) is 22.3 Å². The Kier molecular flexibility index (Phi) is 3.31. The van der Waals surface area contributed by atoms with Gasteiger partial charge in [-0.15, -0.1) is 0 Å². The van der Waals surface area contributed by atoms with Crippen molar-refractivity contribution in [2.45, 2.75) is 25.4 Å². The molecule has 0 aliphatic carbocycles. The van der Waals surface area contributed by atoms with Gasteiger partial charge < -0.3 is 14.0 Å². The number of hydrogen-bond acceptors (Lipinski definition) is 3. The van der Waals surface area contributed by atoms with Gasteiger partial charge in [0.05, 0.1) is 25.6 Å². The van der Waals surface area contributed by atoms with Crippen LogP contribution in [0.25, 0.3) is 0 Å². The Morgan fingerprint density at radius 1 is 1.42 bits per heavy atom. The molecule has 4 nitrogen and oxygen atoms in total. The second-order valence-electron chi connectivity index (χ2n) is 4.73. The molecule has 19 heavy (non-hydrogen) atoms. The Balaban J connectivity index is 1.95. The van der Waals surface area contributed by atoms with Gasteiger partial charge in [-0.1, -0.05) is 23.7 Å². The first-order valence-electron chi connectivity index (χ1n) is 6.21. The van der Waals surface area contributed by atoms with Gasteiger partial charge in [0.15, 0.2) is 0 Å². The maximum Gasteiger partial charge on any atom is 0.213 e. The average molecular weight is 279 g/mol. The molecule has 2 heterocycles. The van der Waals surface area contributed by atoms with Gasteiger partial charge in [-0.25, -0.2) is 4.98 Å². The van der Waals surface area contributed by atoms with E-state index in [9.17, 15) is 0 Å². The lowest BCUT2D eigenvalue weighted by atomic mass is 10.1. The monoisotopic (exact) mass is 278 g/mol. The summed E-state index contributed by atoms with van der Waals surface area (Å²) >= 11 is 5.94. The molecular formula is C14H15ClN2O2. The van der Waals surface area contributed by atoms with Gasteiger partial charge in [-0.05, 0) is 19.1 Å². The van der Waals surface area contributed by atoms with Crippen LogP contribution in [0.4, 0.5) is 0 Å². The van der Waals surface area contributed by atoms with Crippen molar-refractivity contribution in [3.63, 3.8) is 0 Å². The second-order valence-corrected chi connectivity index (χ2v) is 5.17. The summed E-state index contributed by atoms with van der Waals surface area (Å²) in [5, 5.41) is 0.701. The summed E-state index contributed by atoms with van der Waals surface area (Å²) in [6.45, 7) is 3.15. The van der Waals surface area contributed by atoms with Crippen molar-refractivity contribution < 1.29 is 9.47 Å². The number of rotatable bonds is 3. The molecule has 0 bridgehead atoms. The van der Waals surface area contributed by atoms with Crippen LogP contribution >= 0.6 is 11.6 Å². The molecule has 5 heteroatoms. The van der Waals surface area contributed by atoms with E-state index in [1.807, 2.05) is 42.0 Å². The van der Waals surface area contributed by atoms with E-state index in [0.717, 1.165) is 5.56 Å². The summed E-state index contributed by atoms with van der Waals surface area (Å²) in [6.07, 6.45) is 5.47. The maximum absolute atomic E-state index is 6.03. The molecule has 2 unspecified atom stereocenters. The highest BCUT2D eigenvalue weighted by molar-refractivity contribution is 6.30. The predicted molar refractivity (Wildman–Crippen MR) is 71.9 cm³/mol. The molecule has 0 spiro atoms. The zero-order valence-electron chi connectivity index (χ0n) is 10.6. The van der Waals surface area contributed by atoms with Crippen LogP contribution in [0.15, 0.2) is 43.0 Å². The third kappa shape index (κ3) is 2.52. The Morgan fingerprint density at radius 2 is 2.21 bits per heavy atom. The molecule has 1 aliphatic heterocycles. The van der Waals surface area contributed by atoms with Gasteiger partial charge in [0.2, 0.25) is 5.79 Å². The van der Waals surface area contributed by atoms with Gasteiger partial charge in [-0.3, -0.25) is 0 Å². The number of halogens is 1. The molecule has 100 valence electrons. The molecule has 0 radical (unpaired) electrons. The molecule has 3 rings (SSSR count). The standard InChI is InChI=1S/C14H15ClN2O2/c1-11-8-18-14(19-11,9-17-7-6-16-10-17)12-2-4-13(15)5-3-12/h2-7,10-11H,8-9H2,1H3. The minimum absolute atomic E-state index is 0.0687. The Hall–Kier alpha value is -1.36. The van der Waals surface area contributed by atoms with Gasteiger partial charge >= 0.3 is 0 Å². The van der Waals surface area contributed by atoms with Crippen LogP contribution in [0.3, 0.4) is 0 Å². The van der Waals surface area contributed by atoms with Crippen LogP contribution in [0.1, 0.15) is 12.5 Å². The fraction of sp³-hybridized carbons (Fsp3) is 0.357. The van der Waals surface area contributed by atoms with Crippen molar-refractivity contribution in [2.24, 2.45) is 0 Å². The lowest BCUT2D eigenvalue weighted by molar-refractivity contribution is -0.185. The van der Waals surface area contributed by atoms with Crippen LogP contribution < -0.4 is 0 Å². The second kappa shape index (κ2) is 4.96. The van der Waals surface area contributed by atoms with Crippen LogP contribution in [-0.2, 0) is 21.8 Å². The number of ether oxygens (including phenoxy) is 2. The molecule has 2 aromatic rings. The van der Waals surface area contributed by atoms with Crippen LogP contribution in [0.2, 0.25) is 5.02 Å². The normalized spacial score (nSPS) is 26.7. The molecule has 0 N–H and O–H groups in total.